The van der Waals surface area contributed by atoms with Crippen LogP contribution in [0.4, 0.5) is 21.9 Å². The standard InChI is InChI=1S/C31H26Cl3N7O4/c1-18-28(34)41-14-4-7-25(29(41)37-18)45-17-22-23(32)8-9-24(27(22)33)40(2)26(42)16-36-31(44)39-21-6-3-5-19(15-21)30(43)38-20-10-12-35-13-11-20/h3-15H,16-17H2,1-2H3,(H,35,38,43)(H2,36,39,44). The lowest BCUT2D eigenvalue weighted by molar-refractivity contribution is -0.117. The Morgan fingerprint density at radius 1 is 0.956 bits per heavy atom. The number of imidazole rings is 1. The van der Waals surface area contributed by atoms with Gasteiger partial charge in [-0.25, -0.2) is 9.78 Å². The number of halogens is 3. The number of benzene rings is 2. The lowest BCUT2D eigenvalue weighted by Gasteiger charge is -2.21. The number of likely N-dealkylation sites (N-methyl/N-ethyl adjacent to an activating group) is 1. The van der Waals surface area contributed by atoms with Gasteiger partial charge in [-0.1, -0.05) is 40.9 Å². The molecule has 0 saturated heterocycles. The minimum atomic E-state index is -0.636. The first-order valence-corrected chi connectivity index (χ1v) is 14.6. The molecule has 3 N–H and O–H groups in total. The van der Waals surface area contributed by atoms with Crippen LogP contribution >= 0.6 is 34.8 Å². The van der Waals surface area contributed by atoms with Gasteiger partial charge in [-0.2, -0.15) is 0 Å². The van der Waals surface area contributed by atoms with E-state index in [9.17, 15) is 14.4 Å². The van der Waals surface area contributed by atoms with Crippen LogP contribution < -0.4 is 25.6 Å². The number of amides is 4. The smallest absolute Gasteiger partial charge is 0.319 e. The Morgan fingerprint density at radius 3 is 2.51 bits per heavy atom. The highest BCUT2D eigenvalue weighted by Gasteiger charge is 2.20. The molecule has 5 aromatic rings. The number of fused-ring (bicyclic) bond motifs is 1. The van der Waals surface area contributed by atoms with Gasteiger partial charge in [0, 0.05) is 53.2 Å². The van der Waals surface area contributed by atoms with E-state index in [1.54, 1.807) is 84.5 Å². The SMILES string of the molecule is Cc1nc2c(OCc3c(Cl)ccc(N(C)C(=O)CNC(=O)Nc4cccc(C(=O)Nc5ccncc5)c4)c3Cl)cccn2c1Cl. The van der Waals surface area contributed by atoms with Crippen molar-refractivity contribution in [2.24, 2.45) is 0 Å². The molecule has 0 aliphatic carbocycles. The fourth-order valence-electron chi connectivity index (χ4n) is 4.33. The van der Waals surface area contributed by atoms with Crippen LogP contribution in [0, 0.1) is 6.92 Å². The Kier molecular flexibility index (Phi) is 9.72. The van der Waals surface area contributed by atoms with Crippen molar-refractivity contribution < 1.29 is 19.1 Å². The molecule has 5 rings (SSSR count). The molecule has 0 bridgehead atoms. The van der Waals surface area contributed by atoms with Crippen LogP contribution in [0.25, 0.3) is 5.65 Å². The van der Waals surface area contributed by atoms with E-state index in [0.29, 0.717) is 55.5 Å². The number of carbonyl (C=O) groups excluding carboxylic acids is 3. The van der Waals surface area contributed by atoms with Gasteiger partial charge in [0.05, 0.1) is 22.9 Å². The summed E-state index contributed by atoms with van der Waals surface area (Å²) in [7, 11) is 1.53. The molecule has 11 nitrogen and oxygen atoms in total. The molecule has 0 saturated carbocycles. The van der Waals surface area contributed by atoms with E-state index in [2.05, 4.69) is 25.9 Å². The molecule has 0 radical (unpaired) electrons. The van der Waals surface area contributed by atoms with Gasteiger partial charge in [0.1, 0.15) is 11.8 Å². The number of pyridine rings is 2. The van der Waals surface area contributed by atoms with Crippen molar-refractivity contribution in [2.45, 2.75) is 13.5 Å². The number of ether oxygens (including phenoxy) is 1. The summed E-state index contributed by atoms with van der Waals surface area (Å²) >= 11 is 19.5. The van der Waals surface area contributed by atoms with Crippen molar-refractivity contribution in [2.75, 3.05) is 29.1 Å². The summed E-state index contributed by atoms with van der Waals surface area (Å²) in [6.07, 6.45) is 4.90. The average Bonchev–Trinajstić information content (AvgIpc) is 3.33. The van der Waals surface area contributed by atoms with E-state index >= 15 is 0 Å². The highest BCUT2D eigenvalue weighted by molar-refractivity contribution is 6.38. The molecule has 14 heteroatoms. The van der Waals surface area contributed by atoms with Crippen LogP contribution in [0.5, 0.6) is 5.75 Å². The monoisotopic (exact) mass is 665 g/mol. The fourth-order valence-corrected chi connectivity index (χ4v) is 5.11. The summed E-state index contributed by atoms with van der Waals surface area (Å²) in [6, 6.07) is 15.8. The Balaban J connectivity index is 1.19. The number of aromatic nitrogens is 3. The molecule has 2 aromatic carbocycles. The van der Waals surface area contributed by atoms with Crippen LogP contribution in [0.15, 0.2) is 79.3 Å². The predicted molar refractivity (Wildman–Crippen MR) is 175 cm³/mol. The number of nitrogens with one attached hydrogen (secondary N) is 3. The topological polar surface area (TPSA) is 130 Å². The summed E-state index contributed by atoms with van der Waals surface area (Å²) in [5.74, 6) is -0.326. The first-order valence-electron chi connectivity index (χ1n) is 13.5. The maximum Gasteiger partial charge on any atom is 0.319 e. The number of anilines is 3. The maximum atomic E-state index is 13.0. The summed E-state index contributed by atoms with van der Waals surface area (Å²) in [5.41, 5.74) is 3.32. The Morgan fingerprint density at radius 2 is 1.73 bits per heavy atom. The van der Waals surface area contributed by atoms with E-state index in [1.807, 2.05) is 0 Å². The van der Waals surface area contributed by atoms with Gasteiger partial charge in [0.15, 0.2) is 11.4 Å². The van der Waals surface area contributed by atoms with Gasteiger partial charge in [-0.05, 0) is 61.5 Å². The van der Waals surface area contributed by atoms with Crippen LogP contribution in [-0.2, 0) is 11.4 Å². The van der Waals surface area contributed by atoms with Crippen molar-refractivity contribution >= 4 is 75.4 Å². The number of urea groups is 1. The first-order chi connectivity index (χ1) is 21.6. The third kappa shape index (κ3) is 7.28. The van der Waals surface area contributed by atoms with Crippen molar-refractivity contribution in [1.29, 1.82) is 0 Å². The molecular weight excluding hydrogens is 641 g/mol. The van der Waals surface area contributed by atoms with Crippen molar-refractivity contribution in [1.82, 2.24) is 19.7 Å². The molecular formula is C31H26Cl3N7O4. The molecule has 3 heterocycles. The van der Waals surface area contributed by atoms with E-state index < -0.39 is 11.9 Å². The zero-order chi connectivity index (χ0) is 32.1. The highest BCUT2D eigenvalue weighted by Crippen LogP contribution is 2.35. The van der Waals surface area contributed by atoms with Crippen molar-refractivity contribution in [3.63, 3.8) is 0 Å². The number of aryl methyl sites for hydroxylation is 1. The maximum absolute atomic E-state index is 13.0. The molecule has 0 aliphatic rings. The van der Waals surface area contributed by atoms with Crippen LogP contribution in [-0.4, -0.2) is 45.8 Å². The molecule has 45 heavy (non-hydrogen) atoms. The first kappa shape index (κ1) is 31.6. The zero-order valence-electron chi connectivity index (χ0n) is 24.0. The van der Waals surface area contributed by atoms with Gasteiger partial charge >= 0.3 is 6.03 Å². The molecule has 230 valence electrons. The van der Waals surface area contributed by atoms with E-state index in [4.69, 9.17) is 39.5 Å². The average molecular weight is 667 g/mol. The molecule has 4 amide bonds. The Hall–Kier alpha value is -4.84. The highest BCUT2D eigenvalue weighted by atomic mass is 35.5. The molecule has 0 atom stereocenters. The predicted octanol–water partition coefficient (Wildman–Crippen LogP) is 6.61. The van der Waals surface area contributed by atoms with Gasteiger partial charge in [-0.15, -0.1) is 0 Å². The number of hydrogen-bond acceptors (Lipinski definition) is 6. The normalized spacial score (nSPS) is 10.8. The largest absolute Gasteiger partial charge is 0.485 e. The van der Waals surface area contributed by atoms with Crippen LogP contribution in [0.3, 0.4) is 0 Å². The zero-order valence-corrected chi connectivity index (χ0v) is 26.2. The van der Waals surface area contributed by atoms with Crippen molar-refractivity contribution in [3.05, 3.63) is 111 Å². The van der Waals surface area contributed by atoms with Gasteiger partial charge in [0.2, 0.25) is 5.91 Å². The fraction of sp³-hybridized carbons (Fsp3) is 0.129. The van der Waals surface area contributed by atoms with Gasteiger partial charge in [0.25, 0.3) is 5.91 Å². The van der Waals surface area contributed by atoms with Crippen LogP contribution in [0.1, 0.15) is 21.6 Å². The molecule has 0 spiro atoms. The number of nitrogens with zero attached hydrogens (tertiary/aromatic N) is 4. The number of carbonyl (C=O) groups is 3. The summed E-state index contributed by atoms with van der Waals surface area (Å²) < 4.78 is 7.72. The second-order valence-electron chi connectivity index (χ2n) is 9.73. The minimum Gasteiger partial charge on any atom is -0.485 e. The number of rotatable bonds is 9. The summed E-state index contributed by atoms with van der Waals surface area (Å²) in [5, 5.41) is 8.95. The van der Waals surface area contributed by atoms with Gasteiger partial charge in [-0.3, -0.25) is 19.0 Å². The minimum absolute atomic E-state index is 0.00294. The quantitative estimate of drug-likeness (QED) is 0.162. The second-order valence-corrected chi connectivity index (χ2v) is 10.9. The number of hydrogen-bond donors (Lipinski definition) is 3. The Labute approximate surface area is 273 Å². The third-order valence-corrected chi connectivity index (χ3v) is 7.94. The van der Waals surface area contributed by atoms with Gasteiger partial charge < -0.3 is 25.6 Å². The van der Waals surface area contributed by atoms with Crippen molar-refractivity contribution in [3.8, 4) is 5.75 Å². The van der Waals surface area contributed by atoms with E-state index in [-0.39, 0.29) is 24.1 Å². The van der Waals surface area contributed by atoms with E-state index in [0.717, 1.165) is 0 Å². The van der Waals surface area contributed by atoms with E-state index in [1.165, 1.54) is 18.0 Å². The molecule has 0 aliphatic heterocycles. The lowest BCUT2D eigenvalue weighted by Crippen LogP contribution is -2.40. The second kappa shape index (κ2) is 13.9. The third-order valence-electron chi connectivity index (χ3n) is 6.71. The molecule has 0 unspecified atom stereocenters. The summed E-state index contributed by atoms with van der Waals surface area (Å²) in [6.45, 7) is 1.46. The lowest BCUT2D eigenvalue weighted by atomic mass is 10.2. The Bertz CT molecular complexity index is 1900. The molecule has 0 fully saturated rings. The van der Waals surface area contributed by atoms with Crippen LogP contribution in [0.2, 0.25) is 15.2 Å². The summed E-state index contributed by atoms with van der Waals surface area (Å²) in [4.78, 5) is 47.8. The molecule has 3 aromatic heterocycles.